The van der Waals surface area contributed by atoms with Crippen molar-refractivity contribution in [2.45, 2.75) is 141 Å². The molecule has 0 amide bonds. The van der Waals surface area contributed by atoms with Gasteiger partial charge in [-0.15, -0.1) is 0 Å². The fourth-order valence-electron chi connectivity index (χ4n) is 3.56. The summed E-state index contributed by atoms with van der Waals surface area (Å²) in [6.07, 6.45) is 25.6. The van der Waals surface area contributed by atoms with Crippen LogP contribution in [0.4, 0.5) is 0 Å². The van der Waals surface area contributed by atoms with Crippen molar-refractivity contribution >= 4 is 0 Å². The summed E-state index contributed by atoms with van der Waals surface area (Å²) in [5.74, 6) is 0. The highest BCUT2D eigenvalue weighted by atomic mass is 16.3. The lowest BCUT2D eigenvalue weighted by atomic mass is 10.0. The monoisotopic (exact) mass is 356 g/mol. The minimum absolute atomic E-state index is 0.0912. The summed E-state index contributed by atoms with van der Waals surface area (Å²) in [5.41, 5.74) is 0. The van der Waals surface area contributed by atoms with Crippen molar-refractivity contribution in [2.75, 3.05) is 6.61 Å². The van der Waals surface area contributed by atoms with Crippen molar-refractivity contribution in [3.8, 4) is 0 Å². The molecule has 0 radical (unpaired) electrons. The summed E-state index contributed by atoms with van der Waals surface area (Å²) in [6, 6.07) is 0. The Bertz CT molecular complexity index is 230. The van der Waals surface area contributed by atoms with Crippen LogP contribution in [0.2, 0.25) is 0 Å². The zero-order valence-corrected chi connectivity index (χ0v) is 17.3. The molecule has 0 aliphatic carbocycles. The third-order valence-electron chi connectivity index (χ3n) is 5.34. The molecule has 0 aliphatic rings. The van der Waals surface area contributed by atoms with E-state index in [2.05, 4.69) is 6.92 Å². The highest BCUT2D eigenvalue weighted by Gasteiger charge is 2.03. The van der Waals surface area contributed by atoms with Crippen LogP contribution in [0.5, 0.6) is 0 Å². The van der Waals surface area contributed by atoms with Crippen molar-refractivity contribution in [1.82, 2.24) is 0 Å². The van der Waals surface area contributed by atoms with Crippen LogP contribution >= 0.6 is 0 Å². The van der Waals surface area contributed by atoms with Crippen molar-refractivity contribution in [3.63, 3.8) is 0 Å². The maximum atomic E-state index is 9.95. The van der Waals surface area contributed by atoms with Crippen LogP contribution in [0, 0.1) is 0 Å². The van der Waals surface area contributed by atoms with Crippen molar-refractivity contribution in [2.24, 2.45) is 0 Å². The number of aliphatic hydroxyl groups excluding tert-OH is 2. The quantitative estimate of drug-likeness (QED) is 0.214. The maximum Gasteiger partial charge on any atom is 0.0540 e. The fraction of sp³-hybridized carbons (Fsp3) is 1.00. The Kier molecular flexibility index (Phi) is 21.9. The molecular formula is C23H48O2. The molecule has 1 unspecified atom stereocenters. The zero-order valence-electron chi connectivity index (χ0n) is 17.3. The third-order valence-corrected chi connectivity index (χ3v) is 5.34. The van der Waals surface area contributed by atoms with Gasteiger partial charge in [0.15, 0.2) is 0 Å². The Labute approximate surface area is 158 Å². The van der Waals surface area contributed by atoms with Crippen LogP contribution in [0.25, 0.3) is 0 Å². The van der Waals surface area contributed by atoms with E-state index in [1.165, 1.54) is 89.9 Å². The normalized spacial score (nSPS) is 12.6. The van der Waals surface area contributed by atoms with Crippen molar-refractivity contribution in [1.29, 1.82) is 0 Å². The Morgan fingerprint density at radius 3 is 1.16 bits per heavy atom. The Hall–Kier alpha value is -0.0800. The molecule has 0 aromatic rings. The van der Waals surface area contributed by atoms with E-state index in [0.29, 0.717) is 6.61 Å². The first-order valence-electron chi connectivity index (χ1n) is 11.6. The predicted octanol–water partition coefficient (Wildman–Crippen LogP) is 7.16. The lowest BCUT2D eigenvalue weighted by Crippen LogP contribution is -2.06. The Morgan fingerprint density at radius 1 is 0.480 bits per heavy atom. The van der Waals surface area contributed by atoms with Crippen LogP contribution in [0.3, 0.4) is 0 Å². The summed E-state index contributed by atoms with van der Waals surface area (Å²) < 4.78 is 0. The highest BCUT2D eigenvalue weighted by Crippen LogP contribution is 2.15. The first-order valence-corrected chi connectivity index (χ1v) is 11.6. The molecule has 0 aromatic heterocycles. The minimum Gasteiger partial charge on any atom is -0.396 e. The number of aliphatic hydroxyl groups is 2. The van der Waals surface area contributed by atoms with Gasteiger partial charge in [-0.25, -0.2) is 0 Å². The summed E-state index contributed by atoms with van der Waals surface area (Å²) in [5, 5.41) is 18.7. The second-order valence-corrected chi connectivity index (χ2v) is 7.97. The van der Waals surface area contributed by atoms with Gasteiger partial charge in [-0.1, -0.05) is 116 Å². The Balaban J connectivity index is 3.08. The van der Waals surface area contributed by atoms with E-state index in [9.17, 15) is 5.11 Å². The molecule has 0 aliphatic heterocycles. The first-order chi connectivity index (χ1) is 12.3. The average Bonchev–Trinajstić information content (AvgIpc) is 2.62. The summed E-state index contributed by atoms with van der Waals surface area (Å²) in [7, 11) is 0. The van der Waals surface area contributed by atoms with Gasteiger partial charge in [0, 0.05) is 6.61 Å². The second-order valence-electron chi connectivity index (χ2n) is 7.97. The molecule has 2 N–H and O–H groups in total. The SMILES string of the molecule is CCCCCCCCCCCCCCCCC(O)CCCCCCO. The van der Waals surface area contributed by atoms with E-state index in [1.54, 1.807) is 0 Å². The summed E-state index contributed by atoms with van der Waals surface area (Å²) in [6.45, 7) is 2.59. The van der Waals surface area contributed by atoms with E-state index in [4.69, 9.17) is 5.11 Å². The van der Waals surface area contributed by atoms with Gasteiger partial charge in [0.25, 0.3) is 0 Å². The van der Waals surface area contributed by atoms with Gasteiger partial charge in [0.05, 0.1) is 6.10 Å². The largest absolute Gasteiger partial charge is 0.396 e. The minimum atomic E-state index is -0.0912. The zero-order chi connectivity index (χ0) is 18.4. The smallest absolute Gasteiger partial charge is 0.0540 e. The molecule has 0 fully saturated rings. The summed E-state index contributed by atoms with van der Waals surface area (Å²) in [4.78, 5) is 0. The molecular weight excluding hydrogens is 308 g/mol. The first kappa shape index (κ1) is 24.9. The van der Waals surface area contributed by atoms with Crippen LogP contribution < -0.4 is 0 Å². The Morgan fingerprint density at radius 2 is 0.800 bits per heavy atom. The number of rotatable bonds is 21. The maximum absolute atomic E-state index is 9.95. The van der Waals surface area contributed by atoms with Gasteiger partial charge in [-0.05, 0) is 19.3 Å². The molecule has 0 spiro atoms. The number of hydrogen-bond donors (Lipinski definition) is 2. The predicted molar refractivity (Wildman–Crippen MR) is 111 cm³/mol. The van der Waals surface area contributed by atoms with E-state index < -0.39 is 0 Å². The molecule has 0 heterocycles. The van der Waals surface area contributed by atoms with Crippen LogP contribution in [0.15, 0.2) is 0 Å². The van der Waals surface area contributed by atoms with Gasteiger partial charge in [0.1, 0.15) is 0 Å². The molecule has 0 bridgehead atoms. The van der Waals surface area contributed by atoms with Crippen LogP contribution in [-0.2, 0) is 0 Å². The van der Waals surface area contributed by atoms with E-state index >= 15 is 0 Å². The van der Waals surface area contributed by atoms with Gasteiger partial charge < -0.3 is 10.2 Å². The van der Waals surface area contributed by atoms with Crippen LogP contribution in [0.1, 0.15) is 135 Å². The molecule has 0 saturated heterocycles. The van der Waals surface area contributed by atoms with Gasteiger partial charge in [-0.2, -0.15) is 0 Å². The van der Waals surface area contributed by atoms with E-state index in [1.807, 2.05) is 0 Å². The highest BCUT2D eigenvalue weighted by molar-refractivity contribution is 4.57. The standard InChI is InChI=1S/C23H48O2/c1-2-3-4-5-6-7-8-9-10-11-12-13-14-17-20-23(25)21-18-15-16-19-22-24/h23-25H,2-22H2,1H3. The van der Waals surface area contributed by atoms with Gasteiger partial charge in [0.2, 0.25) is 0 Å². The summed E-state index contributed by atoms with van der Waals surface area (Å²) >= 11 is 0. The lowest BCUT2D eigenvalue weighted by molar-refractivity contribution is 0.147. The van der Waals surface area contributed by atoms with E-state index in [0.717, 1.165) is 38.5 Å². The molecule has 0 rings (SSSR count). The molecule has 0 aromatic carbocycles. The lowest BCUT2D eigenvalue weighted by Gasteiger charge is -2.10. The van der Waals surface area contributed by atoms with Crippen molar-refractivity contribution in [3.05, 3.63) is 0 Å². The van der Waals surface area contributed by atoms with Crippen LogP contribution in [-0.4, -0.2) is 22.9 Å². The number of unbranched alkanes of at least 4 members (excludes halogenated alkanes) is 16. The van der Waals surface area contributed by atoms with E-state index in [-0.39, 0.29) is 6.10 Å². The molecule has 25 heavy (non-hydrogen) atoms. The topological polar surface area (TPSA) is 40.5 Å². The third kappa shape index (κ3) is 21.9. The number of hydrogen-bond acceptors (Lipinski definition) is 2. The van der Waals surface area contributed by atoms with Crippen molar-refractivity contribution < 1.29 is 10.2 Å². The second kappa shape index (κ2) is 22.0. The molecule has 2 nitrogen and oxygen atoms in total. The fourth-order valence-corrected chi connectivity index (χ4v) is 3.56. The molecule has 2 heteroatoms. The molecule has 1 atom stereocenters. The van der Waals surface area contributed by atoms with Gasteiger partial charge in [-0.3, -0.25) is 0 Å². The molecule has 0 saturated carbocycles. The molecule has 152 valence electrons. The average molecular weight is 357 g/mol. The van der Waals surface area contributed by atoms with Gasteiger partial charge >= 0.3 is 0 Å².